The highest BCUT2D eigenvalue weighted by atomic mass is 79.9. The fraction of sp³-hybridized carbons (Fsp3) is 0.267. The van der Waals surface area contributed by atoms with E-state index < -0.39 is 5.97 Å². The number of rotatable bonds is 1. The first-order chi connectivity index (χ1) is 8.36. The summed E-state index contributed by atoms with van der Waals surface area (Å²) in [6.07, 6.45) is 0. The zero-order valence-electron chi connectivity index (χ0n) is 10.9. The molecule has 0 amide bonds. The third kappa shape index (κ3) is 1.74. The van der Waals surface area contributed by atoms with Crippen LogP contribution in [0.5, 0.6) is 0 Å². The SMILES string of the molecule is Cc1ccc2c(C)c(C(=O)O)c(C)c(Br)c2c1C. The number of aryl methyl sites for hydroxylation is 3. The van der Waals surface area contributed by atoms with Gasteiger partial charge in [0.15, 0.2) is 0 Å². The van der Waals surface area contributed by atoms with E-state index in [1.54, 1.807) is 0 Å². The van der Waals surface area contributed by atoms with Gasteiger partial charge in [0.1, 0.15) is 0 Å². The van der Waals surface area contributed by atoms with E-state index in [1.165, 1.54) is 11.1 Å². The first-order valence-corrected chi connectivity index (χ1v) is 6.57. The van der Waals surface area contributed by atoms with Crippen LogP contribution in [0.2, 0.25) is 0 Å². The number of benzene rings is 2. The maximum Gasteiger partial charge on any atom is 0.336 e. The summed E-state index contributed by atoms with van der Waals surface area (Å²) in [5.41, 5.74) is 4.44. The van der Waals surface area contributed by atoms with Gasteiger partial charge in [-0.05, 0) is 76.7 Å². The van der Waals surface area contributed by atoms with Crippen molar-refractivity contribution < 1.29 is 9.90 Å². The number of carboxylic acids is 1. The number of halogens is 1. The zero-order valence-corrected chi connectivity index (χ0v) is 12.5. The molecule has 1 N–H and O–H groups in total. The molecule has 2 aromatic rings. The average molecular weight is 307 g/mol. The summed E-state index contributed by atoms with van der Waals surface area (Å²) in [7, 11) is 0. The van der Waals surface area contributed by atoms with E-state index in [4.69, 9.17) is 0 Å². The van der Waals surface area contributed by atoms with E-state index in [1.807, 2.05) is 26.0 Å². The standard InChI is InChI=1S/C15H15BrO2/c1-7-5-6-11-9(3)12(15(17)18)10(4)14(16)13(11)8(7)2/h5-6H,1-4H3,(H,17,18). The molecule has 2 aromatic carbocycles. The lowest BCUT2D eigenvalue weighted by atomic mass is 9.92. The van der Waals surface area contributed by atoms with Crippen LogP contribution in [0.15, 0.2) is 16.6 Å². The Balaban J connectivity index is 3.07. The molecule has 0 bridgehead atoms. The van der Waals surface area contributed by atoms with Gasteiger partial charge in [-0.2, -0.15) is 0 Å². The molecule has 0 atom stereocenters. The van der Waals surface area contributed by atoms with Crippen LogP contribution in [0.3, 0.4) is 0 Å². The lowest BCUT2D eigenvalue weighted by Crippen LogP contribution is -2.05. The maximum atomic E-state index is 11.4. The molecule has 0 fully saturated rings. The highest BCUT2D eigenvalue weighted by Crippen LogP contribution is 2.36. The van der Waals surface area contributed by atoms with Crippen LogP contribution in [-0.4, -0.2) is 11.1 Å². The molecule has 2 rings (SSSR count). The summed E-state index contributed by atoms with van der Waals surface area (Å²) in [5.74, 6) is -0.870. The predicted octanol–water partition coefficient (Wildman–Crippen LogP) is 4.53. The molecule has 3 heteroatoms. The van der Waals surface area contributed by atoms with Crippen molar-refractivity contribution in [2.24, 2.45) is 0 Å². The summed E-state index contributed by atoms with van der Waals surface area (Å²) >= 11 is 3.56. The average Bonchev–Trinajstić information content (AvgIpc) is 2.29. The van der Waals surface area contributed by atoms with Crippen LogP contribution >= 0.6 is 15.9 Å². The number of fused-ring (bicyclic) bond motifs is 1. The third-order valence-electron chi connectivity index (χ3n) is 3.65. The third-order valence-corrected chi connectivity index (χ3v) is 4.64. The first-order valence-electron chi connectivity index (χ1n) is 5.78. The molecule has 0 radical (unpaired) electrons. The molecular formula is C15H15BrO2. The maximum absolute atomic E-state index is 11.4. The predicted molar refractivity (Wildman–Crippen MR) is 77.6 cm³/mol. The smallest absolute Gasteiger partial charge is 0.336 e. The number of hydrogen-bond donors (Lipinski definition) is 1. The van der Waals surface area contributed by atoms with Crippen molar-refractivity contribution in [3.8, 4) is 0 Å². The van der Waals surface area contributed by atoms with E-state index in [9.17, 15) is 9.90 Å². The van der Waals surface area contributed by atoms with E-state index in [-0.39, 0.29) is 0 Å². The van der Waals surface area contributed by atoms with Crippen LogP contribution in [0.1, 0.15) is 32.6 Å². The monoisotopic (exact) mass is 306 g/mol. The lowest BCUT2D eigenvalue weighted by Gasteiger charge is -2.16. The molecule has 0 heterocycles. The summed E-state index contributed by atoms with van der Waals surface area (Å²) in [6, 6.07) is 4.04. The van der Waals surface area contributed by atoms with Crippen LogP contribution < -0.4 is 0 Å². The van der Waals surface area contributed by atoms with Gasteiger partial charge in [0.05, 0.1) is 5.56 Å². The van der Waals surface area contributed by atoms with Gasteiger partial charge in [0.2, 0.25) is 0 Å². The summed E-state index contributed by atoms with van der Waals surface area (Å²) in [5, 5.41) is 11.5. The molecule has 94 valence electrons. The molecule has 0 aromatic heterocycles. The van der Waals surface area contributed by atoms with Gasteiger partial charge in [-0.15, -0.1) is 0 Å². The van der Waals surface area contributed by atoms with Crippen LogP contribution in [0.4, 0.5) is 0 Å². The molecule has 0 aliphatic rings. The minimum absolute atomic E-state index is 0.401. The van der Waals surface area contributed by atoms with Gasteiger partial charge in [-0.1, -0.05) is 12.1 Å². The minimum atomic E-state index is -0.870. The molecular weight excluding hydrogens is 292 g/mol. The number of carbonyl (C=O) groups is 1. The zero-order chi connectivity index (χ0) is 13.6. The summed E-state index contributed by atoms with van der Waals surface area (Å²) in [6.45, 7) is 7.86. The Kier molecular flexibility index (Phi) is 3.20. The van der Waals surface area contributed by atoms with E-state index in [0.717, 1.165) is 26.4 Å². The lowest BCUT2D eigenvalue weighted by molar-refractivity contribution is 0.0695. The number of aromatic carboxylic acids is 1. The second-order valence-corrected chi connectivity index (χ2v) is 5.47. The Labute approximate surface area is 115 Å². The fourth-order valence-corrected chi connectivity index (χ4v) is 3.15. The Hall–Kier alpha value is -1.35. The van der Waals surface area contributed by atoms with Crippen molar-refractivity contribution in [3.05, 3.63) is 44.4 Å². The Morgan fingerprint density at radius 2 is 1.67 bits per heavy atom. The minimum Gasteiger partial charge on any atom is -0.478 e. The molecule has 18 heavy (non-hydrogen) atoms. The first kappa shape index (κ1) is 13.1. The largest absolute Gasteiger partial charge is 0.478 e. The summed E-state index contributed by atoms with van der Waals surface area (Å²) in [4.78, 5) is 11.4. The number of carboxylic acid groups (broad SMARTS) is 1. The normalized spacial score (nSPS) is 10.9. The molecule has 0 saturated carbocycles. The van der Waals surface area contributed by atoms with Gasteiger partial charge < -0.3 is 5.11 Å². The molecule has 0 unspecified atom stereocenters. The molecule has 2 nitrogen and oxygen atoms in total. The topological polar surface area (TPSA) is 37.3 Å². The number of hydrogen-bond acceptors (Lipinski definition) is 1. The van der Waals surface area contributed by atoms with Gasteiger partial charge in [0.25, 0.3) is 0 Å². The van der Waals surface area contributed by atoms with Gasteiger partial charge >= 0.3 is 5.97 Å². The Morgan fingerprint density at radius 3 is 2.22 bits per heavy atom. The molecule has 0 aliphatic heterocycles. The van der Waals surface area contributed by atoms with Gasteiger partial charge in [-0.3, -0.25) is 0 Å². The van der Waals surface area contributed by atoms with E-state index >= 15 is 0 Å². The van der Waals surface area contributed by atoms with Gasteiger partial charge in [-0.25, -0.2) is 4.79 Å². The van der Waals surface area contributed by atoms with Crippen molar-refractivity contribution in [3.63, 3.8) is 0 Å². The second kappa shape index (κ2) is 4.39. The Bertz CT molecular complexity index is 672. The van der Waals surface area contributed by atoms with Crippen LogP contribution in [0.25, 0.3) is 10.8 Å². The quantitative estimate of drug-likeness (QED) is 0.840. The van der Waals surface area contributed by atoms with Crippen molar-refractivity contribution in [2.75, 3.05) is 0 Å². The van der Waals surface area contributed by atoms with Crippen molar-refractivity contribution in [1.82, 2.24) is 0 Å². The fourth-order valence-electron chi connectivity index (χ4n) is 2.45. The second-order valence-electron chi connectivity index (χ2n) is 4.67. The summed E-state index contributed by atoms with van der Waals surface area (Å²) < 4.78 is 0.890. The van der Waals surface area contributed by atoms with Crippen molar-refractivity contribution in [1.29, 1.82) is 0 Å². The van der Waals surface area contributed by atoms with Crippen LogP contribution in [0, 0.1) is 27.7 Å². The van der Waals surface area contributed by atoms with Gasteiger partial charge in [0, 0.05) is 4.47 Å². The van der Waals surface area contributed by atoms with E-state index in [0.29, 0.717) is 5.56 Å². The van der Waals surface area contributed by atoms with Crippen molar-refractivity contribution in [2.45, 2.75) is 27.7 Å². The van der Waals surface area contributed by atoms with Crippen molar-refractivity contribution >= 4 is 32.7 Å². The molecule has 0 saturated heterocycles. The Morgan fingerprint density at radius 1 is 1.06 bits per heavy atom. The highest BCUT2D eigenvalue weighted by Gasteiger charge is 2.19. The molecule has 0 aliphatic carbocycles. The highest BCUT2D eigenvalue weighted by molar-refractivity contribution is 9.10. The van der Waals surface area contributed by atoms with E-state index in [2.05, 4.69) is 29.8 Å². The van der Waals surface area contributed by atoms with Crippen LogP contribution in [-0.2, 0) is 0 Å². The molecule has 0 spiro atoms.